The minimum Gasteiger partial charge on any atom is -0.511 e. The topological polar surface area (TPSA) is 103 Å². The highest BCUT2D eigenvalue weighted by molar-refractivity contribution is 6.22. The maximum absolute atomic E-state index is 13.3. The van der Waals surface area contributed by atoms with E-state index in [2.05, 4.69) is 21.7 Å². The fraction of sp³-hybridized carbons (Fsp3) is 0.613. The lowest BCUT2D eigenvalue weighted by molar-refractivity contribution is -0.123. The molecule has 0 spiro atoms. The quantitative estimate of drug-likeness (QED) is 0.236. The molecule has 1 aromatic carbocycles. The van der Waals surface area contributed by atoms with Crippen LogP contribution in [0.15, 0.2) is 40.6 Å². The van der Waals surface area contributed by atoms with Gasteiger partial charge in [-0.15, -0.1) is 0 Å². The minimum absolute atomic E-state index is 0.0574. The number of anilines is 1. The van der Waals surface area contributed by atoms with E-state index in [9.17, 15) is 19.5 Å². The Morgan fingerprint density at radius 1 is 1.02 bits per heavy atom. The summed E-state index contributed by atoms with van der Waals surface area (Å²) in [6.45, 7) is 11.0. The second-order valence-electron chi connectivity index (χ2n) is 11.9. The van der Waals surface area contributed by atoms with Crippen molar-refractivity contribution >= 4 is 29.5 Å². The Morgan fingerprint density at radius 3 is 2.42 bits per heavy atom. The Balaban J connectivity index is 1.22. The summed E-state index contributed by atoms with van der Waals surface area (Å²) in [5.41, 5.74) is 0.712. The van der Waals surface area contributed by atoms with Gasteiger partial charge in [-0.05, 0) is 36.1 Å². The van der Waals surface area contributed by atoms with Crippen molar-refractivity contribution in [3.63, 3.8) is 0 Å². The van der Waals surface area contributed by atoms with Crippen LogP contribution < -0.4 is 9.64 Å². The van der Waals surface area contributed by atoms with Gasteiger partial charge in [-0.1, -0.05) is 40.0 Å². The van der Waals surface area contributed by atoms with Gasteiger partial charge < -0.3 is 9.84 Å². The lowest BCUT2D eigenvalue weighted by Gasteiger charge is -2.36. The van der Waals surface area contributed by atoms with Crippen LogP contribution in [-0.4, -0.2) is 90.6 Å². The van der Waals surface area contributed by atoms with E-state index in [0.29, 0.717) is 50.3 Å². The zero-order chi connectivity index (χ0) is 28.7. The van der Waals surface area contributed by atoms with Gasteiger partial charge in [-0.2, -0.15) is 0 Å². The SMILES string of the molecule is CCCCCCOc1ccc(N2C(=O)C[C@@H](N3CCN(CCN=CC4=C(O)CC(C)(C)CC4=O)CC3)C2=O)cc1. The van der Waals surface area contributed by atoms with Crippen LogP contribution in [0.1, 0.15) is 65.7 Å². The molecule has 2 fully saturated rings. The van der Waals surface area contributed by atoms with E-state index in [-0.39, 0.29) is 35.2 Å². The third kappa shape index (κ3) is 7.57. The number of aliphatic imine (C=N–C) groups is 1. The van der Waals surface area contributed by atoms with Gasteiger partial charge in [0.05, 0.1) is 36.9 Å². The van der Waals surface area contributed by atoms with E-state index in [4.69, 9.17) is 4.74 Å². The Morgan fingerprint density at radius 2 is 1.75 bits per heavy atom. The molecule has 2 amide bonds. The van der Waals surface area contributed by atoms with Gasteiger partial charge in [0.15, 0.2) is 5.78 Å². The number of ketones is 1. The number of piperazine rings is 1. The zero-order valence-corrected chi connectivity index (χ0v) is 24.2. The molecule has 2 heterocycles. The highest BCUT2D eigenvalue weighted by Crippen LogP contribution is 2.35. The summed E-state index contributed by atoms with van der Waals surface area (Å²) in [6.07, 6.45) is 7.18. The number of imide groups is 1. The lowest BCUT2D eigenvalue weighted by Crippen LogP contribution is -2.52. The van der Waals surface area contributed by atoms with Gasteiger partial charge in [0.25, 0.3) is 5.91 Å². The van der Waals surface area contributed by atoms with E-state index in [1.165, 1.54) is 24.0 Å². The molecule has 1 N–H and O–H groups in total. The molecule has 1 aliphatic carbocycles. The molecular weight excluding hydrogens is 508 g/mol. The standard InChI is InChI=1S/C31H44N4O5/c1-4-5-6-7-18-40-24-10-8-23(9-11-24)35-29(38)19-26(30(35)39)34-16-14-33(15-17-34)13-12-32-22-25-27(36)20-31(2,3)21-28(25)37/h8-11,22,26,36H,4-7,12-21H2,1-3H3/t26-/m1/s1. The molecule has 218 valence electrons. The number of unbranched alkanes of at least 4 members (excludes halogenated alkanes) is 3. The number of hydrogen-bond acceptors (Lipinski definition) is 8. The second kappa shape index (κ2) is 13.5. The summed E-state index contributed by atoms with van der Waals surface area (Å²) in [7, 11) is 0. The van der Waals surface area contributed by atoms with Crippen LogP contribution in [0.4, 0.5) is 5.69 Å². The number of carbonyl (C=O) groups excluding carboxylic acids is 3. The van der Waals surface area contributed by atoms with Crippen LogP contribution in [0, 0.1) is 5.41 Å². The highest BCUT2D eigenvalue weighted by Gasteiger charge is 2.43. The van der Waals surface area contributed by atoms with Crippen molar-refractivity contribution in [3.05, 3.63) is 35.6 Å². The van der Waals surface area contributed by atoms with E-state index < -0.39 is 6.04 Å². The summed E-state index contributed by atoms with van der Waals surface area (Å²) in [6, 6.07) is 6.80. The first-order valence-corrected chi connectivity index (χ1v) is 14.7. The van der Waals surface area contributed by atoms with Crippen molar-refractivity contribution in [1.29, 1.82) is 0 Å². The third-order valence-corrected chi connectivity index (χ3v) is 7.99. The summed E-state index contributed by atoms with van der Waals surface area (Å²) in [4.78, 5) is 48.5. The Labute approximate surface area is 237 Å². The number of rotatable bonds is 12. The van der Waals surface area contributed by atoms with Gasteiger partial charge >= 0.3 is 0 Å². The number of benzene rings is 1. The van der Waals surface area contributed by atoms with Crippen LogP contribution in [0.5, 0.6) is 5.75 Å². The molecule has 0 bridgehead atoms. The maximum atomic E-state index is 13.3. The molecule has 9 nitrogen and oxygen atoms in total. The average molecular weight is 553 g/mol. The molecule has 9 heteroatoms. The van der Waals surface area contributed by atoms with Gasteiger partial charge in [0.1, 0.15) is 11.5 Å². The zero-order valence-electron chi connectivity index (χ0n) is 24.2. The number of ether oxygens (including phenoxy) is 1. The fourth-order valence-corrected chi connectivity index (χ4v) is 5.68. The molecule has 40 heavy (non-hydrogen) atoms. The van der Waals surface area contributed by atoms with E-state index in [1.54, 1.807) is 12.1 Å². The molecule has 2 saturated heterocycles. The van der Waals surface area contributed by atoms with Crippen LogP contribution in [0.2, 0.25) is 0 Å². The average Bonchev–Trinajstić information content (AvgIpc) is 3.21. The number of hydrogen-bond donors (Lipinski definition) is 1. The largest absolute Gasteiger partial charge is 0.511 e. The molecule has 0 aromatic heterocycles. The van der Waals surface area contributed by atoms with Crippen molar-refractivity contribution in [2.75, 3.05) is 50.8 Å². The van der Waals surface area contributed by atoms with Crippen LogP contribution in [0.3, 0.4) is 0 Å². The van der Waals surface area contributed by atoms with E-state index in [0.717, 1.165) is 38.2 Å². The molecule has 0 saturated carbocycles. The summed E-state index contributed by atoms with van der Waals surface area (Å²) >= 11 is 0. The fourth-order valence-electron chi connectivity index (χ4n) is 5.68. The maximum Gasteiger partial charge on any atom is 0.251 e. The molecule has 0 unspecified atom stereocenters. The molecule has 1 aromatic rings. The summed E-state index contributed by atoms with van der Waals surface area (Å²) in [5, 5.41) is 10.2. The number of aliphatic hydroxyl groups excluding tert-OH is 1. The van der Waals surface area contributed by atoms with Crippen molar-refractivity contribution in [1.82, 2.24) is 9.80 Å². The van der Waals surface area contributed by atoms with Gasteiger partial charge in [-0.25, -0.2) is 4.90 Å². The van der Waals surface area contributed by atoms with Gasteiger partial charge in [-0.3, -0.25) is 29.2 Å². The van der Waals surface area contributed by atoms with Crippen LogP contribution in [0.25, 0.3) is 0 Å². The molecule has 2 aliphatic heterocycles. The van der Waals surface area contributed by atoms with Crippen molar-refractivity contribution in [2.45, 2.75) is 71.8 Å². The van der Waals surface area contributed by atoms with Gasteiger partial charge in [0.2, 0.25) is 5.91 Å². The Kier molecular flexibility index (Phi) is 10.1. The lowest BCUT2D eigenvalue weighted by atomic mass is 9.77. The smallest absolute Gasteiger partial charge is 0.251 e. The van der Waals surface area contributed by atoms with Crippen molar-refractivity contribution in [3.8, 4) is 5.75 Å². The Hall–Kier alpha value is -3.04. The number of Topliss-reactive ketones (excluding diaryl/α,β-unsaturated/α-hetero) is 1. The van der Waals surface area contributed by atoms with Gasteiger partial charge in [0, 0.05) is 51.8 Å². The molecule has 4 rings (SSSR count). The van der Waals surface area contributed by atoms with Crippen LogP contribution in [-0.2, 0) is 14.4 Å². The number of carbonyl (C=O) groups is 3. The molecular formula is C31H44N4O5. The van der Waals surface area contributed by atoms with Crippen molar-refractivity contribution in [2.24, 2.45) is 10.4 Å². The summed E-state index contributed by atoms with van der Waals surface area (Å²) in [5.74, 6) is 0.491. The number of aliphatic hydroxyl groups is 1. The number of allylic oxidation sites excluding steroid dienone is 2. The second-order valence-corrected chi connectivity index (χ2v) is 11.9. The summed E-state index contributed by atoms with van der Waals surface area (Å²) < 4.78 is 5.79. The first-order valence-electron chi connectivity index (χ1n) is 14.7. The molecule has 3 aliphatic rings. The Bertz CT molecular complexity index is 1120. The highest BCUT2D eigenvalue weighted by atomic mass is 16.5. The minimum atomic E-state index is -0.432. The van der Waals surface area contributed by atoms with E-state index >= 15 is 0 Å². The predicted molar refractivity (Wildman–Crippen MR) is 156 cm³/mol. The van der Waals surface area contributed by atoms with E-state index in [1.807, 2.05) is 26.0 Å². The first-order chi connectivity index (χ1) is 19.2. The number of nitrogens with zero attached hydrogens (tertiary/aromatic N) is 4. The number of amides is 2. The molecule has 1 atom stereocenters. The monoisotopic (exact) mass is 552 g/mol. The third-order valence-electron chi connectivity index (χ3n) is 7.99. The first kappa shape index (κ1) is 29.9. The van der Waals surface area contributed by atoms with Crippen molar-refractivity contribution < 1.29 is 24.2 Å². The van der Waals surface area contributed by atoms with Crippen LogP contribution >= 0.6 is 0 Å². The predicted octanol–water partition coefficient (Wildman–Crippen LogP) is 4.17. The normalized spacial score (nSPS) is 22.6. The molecule has 0 radical (unpaired) electrons.